The molecule has 2 aromatic rings. The molecule has 140 valence electrons. The van der Waals surface area contributed by atoms with Gasteiger partial charge in [0.25, 0.3) is 0 Å². The molecule has 0 aromatic heterocycles. The molecule has 0 heterocycles. The minimum atomic E-state index is -3.82. The first-order chi connectivity index (χ1) is 12.3. The Kier molecular flexibility index (Phi) is 6.98. The van der Waals surface area contributed by atoms with Crippen molar-refractivity contribution >= 4 is 37.7 Å². The maximum Gasteiger partial charge on any atom is 0.319 e. The molecule has 6 N–H and O–H groups in total. The Balaban J connectivity index is 1.74. The van der Waals surface area contributed by atoms with E-state index < -0.39 is 16.1 Å². The van der Waals surface area contributed by atoms with E-state index in [1.54, 1.807) is 18.2 Å². The molecule has 0 radical (unpaired) electrons. The Morgan fingerprint density at radius 1 is 1.15 bits per heavy atom. The van der Waals surface area contributed by atoms with Crippen LogP contribution >= 0.6 is 15.9 Å². The summed E-state index contributed by atoms with van der Waals surface area (Å²) in [6, 6.07) is 10.4. The van der Waals surface area contributed by atoms with Crippen LogP contribution in [0.15, 0.2) is 51.8 Å². The number of aromatic hydroxyl groups is 1. The zero-order valence-corrected chi connectivity index (χ0v) is 16.1. The number of rotatable bonds is 7. The molecular formula is C16H19BrN4O4S. The van der Waals surface area contributed by atoms with Crippen LogP contribution in [0.25, 0.3) is 0 Å². The largest absolute Gasteiger partial charge is 0.508 e. The topological polar surface area (TPSA) is 134 Å². The molecule has 26 heavy (non-hydrogen) atoms. The van der Waals surface area contributed by atoms with Crippen LogP contribution in [0.5, 0.6) is 5.75 Å². The summed E-state index contributed by atoms with van der Waals surface area (Å²) in [4.78, 5) is 11.7. The van der Waals surface area contributed by atoms with Gasteiger partial charge in [-0.15, -0.1) is 0 Å². The van der Waals surface area contributed by atoms with Crippen molar-refractivity contribution < 1.29 is 18.3 Å². The molecule has 0 aliphatic rings. The van der Waals surface area contributed by atoms with Crippen LogP contribution in [0, 0.1) is 0 Å². The predicted octanol–water partition coefficient (Wildman–Crippen LogP) is 1.71. The molecule has 10 heteroatoms. The molecule has 0 saturated carbocycles. The number of benzene rings is 2. The third-order valence-electron chi connectivity index (χ3n) is 3.37. The van der Waals surface area contributed by atoms with Crippen LogP contribution in [0.1, 0.15) is 5.56 Å². The fraction of sp³-hybridized carbons (Fsp3) is 0.188. The first kappa shape index (κ1) is 20.2. The Hall–Kier alpha value is -2.14. The van der Waals surface area contributed by atoms with E-state index in [0.717, 1.165) is 10.0 Å². The number of sulfonamides is 1. The normalized spacial score (nSPS) is 11.2. The van der Waals surface area contributed by atoms with Crippen molar-refractivity contribution in [3.8, 4) is 5.75 Å². The highest BCUT2D eigenvalue weighted by atomic mass is 79.9. The molecule has 2 aromatic carbocycles. The van der Waals surface area contributed by atoms with Crippen molar-refractivity contribution in [1.29, 1.82) is 0 Å². The minimum Gasteiger partial charge on any atom is -0.508 e. The number of halogens is 1. The van der Waals surface area contributed by atoms with Gasteiger partial charge in [-0.1, -0.05) is 28.1 Å². The highest BCUT2D eigenvalue weighted by Gasteiger charge is 2.09. The SMILES string of the molecule is NS(=O)(=O)c1cccc(NC(=O)NCCNCc2ccc(Br)cc2O)c1. The molecule has 0 spiro atoms. The van der Waals surface area contributed by atoms with Gasteiger partial charge < -0.3 is 21.1 Å². The average Bonchev–Trinajstić information content (AvgIpc) is 2.56. The lowest BCUT2D eigenvalue weighted by molar-refractivity contribution is 0.252. The summed E-state index contributed by atoms with van der Waals surface area (Å²) in [6.07, 6.45) is 0. The van der Waals surface area contributed by atoms with Gasteiger partial charge in [-0.05, 0) is 30.3 Å². The molecule has 0 unspecified atom stereocenters. The van der Waals surface area contributed by atoms with Gasteiger partial charge in [0.1, 0.15) is 5.75 Å². The van der Waals surface area contributed by atoms with E-state index in [0.29, 0.717) is 25.3 Å². The summed E-state index contributed by atoms with van der Waals surface area (Å²) < 4.78 is 23.4. The highest BCUT2D eigenvalue weighted by molar-refractivity contribution is 9.10. The fourth-order valence-electron chi connectivity index (χ4n) is 2.10. The van der Waals surface area contributed by atoms with Gasteiger partial charge in [0.2, 0.25) is 10.0 Å². The first-order valence-electron chi connectivity index (χ1n) is 7.61. The van der Waals surface area contributed by atoms with Crippen LogP contribution in [-0.4, -0.2) is 32.6 Å². The maximum absolute atomic E-state index is 11.8. The Morgan fingerprint density at radius 2 is 1.92 bits per heavy atom. The zero-order valence-electron chi connectivity index (χ0n) is 13.7. The van der Waals surface area contributed by atoms with Crippen LogP contribution in [0.4, 0.5) is 10.5 Å². The number of amides is 2. The lowest BCUT2D eigenvalue weighted by Gasteiger charge is -2.10. The number of hydrogen-bond acceptors (Lipinski definition) is 5. The number of carbonyl (C=O) groups excluding carboxylic acids is 1. The summed E-state index contributed by atoms with van der Waals surface area (Å²) in [6.45, 7) is 1.29. The summed E-state index contributed by atoms with van der Waals surface area (Å²) in [5, 5.41) is 23.1. The number of phenolic OH excluding ortho intramolecular Hbond substituents is 1. The molecular weight excluding hydrogens is 424 g/mol. The van der Waals surface area contributed by atoms with Crippen molar-refractivity contribution in [1.82, 2.24) is 10.6 Å². The average molecular weight is 443 g/mol. The standard InChI is InChI=1S/C16H19BrN4O4S/c17-12-5-4-11(15(22)8-12)10-19-6-7-20-16(23)21-13-2-1-3-14(9-13)26(18,24)25/h1-5,8-9,19,22H,6-7,10H2,(H2,18,24,25)(H2,20,21,23). The number of carbonyl (C=O) groups is 1. The van der Waals surface area contributed by atoms with E-state index in [4.69, 9.17) is 5.14 Å². The third kappa shape index (κ3) is 6.30. The van der Waals surface area contributed by atoms with Gasteiger partial charge in [-0.2, -0.15) is 0 Å². The smallest absolute Gasteiger partial charge is 0.319 e. The van der Waals surface area contributed by atoms with Gasteiger partial charge >= 0.3 is 6.03 Å². The van der Waals surface area contributed by atoms with E-state index >= 15 is 0 Å². The van der Waals surface area contributed by atoms with Crippen molar-refractivity contribution in [2.75, 3.05) is 18.4 Å². The maximum atomic E-state index is 11.8. The van der Waals surface area contributed by atoms with Gasteiger partial charge in [0.15, 0.2) is 0 Å². The second-order valence-corrected chi connectivity index (χ2v) is 7.88. The van der Waals surface area contributed by atoms with E-state index in [-0.39, 0.29) is 10.6 Å². The molecule has 0 saturated heterocycles. The fourth-order valence-corrected chi connectivity index (χ4v) is 3.01. The number of phenols is 1. The third-order valence-corrected chi connectivity index (χ3v) is 4.77. The molecule has 8 nitrogen and oxygen atoms in total. The van der Waals surface area contributed by atoms with Gasteiger partial charge in [-0.3, -0.25) is 0 Å². The van der Waals surface area contributed by atoms with E-state index in [1.165, 1.54) is 18.2 Å². The zero-order chi connectivity index (χ0) is 19.2. The Bertz CT molecular complexity index is 890. The van der Waals surface area contributed by atoms with Crippen LogP contribution < -0.4 is 21.1 Å². The molecule has 0 aliphatic heterocycles. The molecule has 2 amide bonds. The highest BCUT2D eigenvalue weighted by Crippen LogP contribution is 2.21. The lowest BCUT2D eigenvalue weighted by Crippen LogP contribution is -2.34. The van der Waals surface area contributed by atoms with Gasteiger partial charge in [0, 0.05) is 35.4 Å². The number of primary sulfonamides is 1. The number of urea groups is 1. The Morgan fingerprint density at radius 3 is 2.62 bits per heavy atom. The second kappa shape index (κ2) is 8.99. The first-order valence-corrected chi connectivity index (χ1v) is 9.95. The van der Waals surface area contributed by atoms with Crippen LogP contribution in [0.2, 0.25) is 0 Å². The second-order valence-electron chi connectivity index (χ2n) is 5.40. The summed E-state index contributed by atoms with van der Waals surface area (Å²) >= 11 is 3.27. The predicted molar refractivity (Wildman–Crippen MR) is 102 cm³/mol. The van der Waals surface area contributed by atoms with Crippen molar-refractivity contribution in [2.24, 2.45) is 5.14 Å². The van der Waals surface area contributed by atoms with Crippen LogP contribution in [-0.2, 0) is 16.6 Å². The van der Waals surface area contributed by atoms with Crippen molar-refractivity contribution in [3.63, 3.8) is 0 Å². The van der Waals surface area contributed by atoms with Gasteiger partial charge in [-0.25, -0.2) is 18.4 Å². The quantitative estimate of drug-likeness (QED) is 0.416. The number of nitrogens with one attached hydrogen (secondary N) is 3. The van der Waals surface area contributed by atoms with E-state index in [2.05, 4.69) is 31.9 Å². The van der Waals surface area contributed by atoms with Crippen molar-refractivity contribution in [3.05, 3.63) is 52.5 Å². The molecule has 0 fully saturated rings. The molecule has 0 atom stereocenters. The van der Waals surface area contributed by atoms with E-state index in [1.807, 2.05) is 6.07 Å². The molecule has 0 bridgehead atoms. The summed E-state index contributed by atoms with van der Waals surface area (Å²) in [5.41, 5.74) is 1.07. The lowest BCUT2D eigenvalue weighted by atomic mass is 10.2. The van der Waals surface area contributed by atoms with Crippen molar-refractivity contribution in [2.45, 2.75) is 11.4 Å². The monoisotopic (exact) mass is 442 g/mol. The molecule has 0 aliphatic carbocycles. The number of hydrogen-bond donors (Lipinski definition) is 5. The molecule has 2 rings (SSSR count). The minimum absolute atomic E-state index is 0.0775. The van der Waals surface area contributed by atoms with Gasteiger partial charge in [0.05, 0.1) is 4.90 Å². The number of anilines is 1. The van der Waals surface area contributed by atoms with Crippen LogP contribution in [0.3, 0.4) is 0 Å². The summed E-state index contributed by atoms with van der Waals surface area (Å²) in [5.74, 6) is 0.187. The number of nitrogens with two attached hydrogens (primary N) is 1. The summed E-state index contributed by atoms with van der Waals surface area (Å²) in [7, 11) is -3.82. The Labute approximate surface area is 160 Å². The van der Waals surface area contributed by atoms with E-state index in [9.17, 15) is 18.3 Å².